The van der Waals surface area contributed by atoms with Crippen molar-refractivity contribution in [3.63, 3.8) is 0 Å². The van der Waals surface area contributed by atoms with Crippen molar-refractivity contribution < 1.29 is 9.84 Å². The topological polar surface area (TPSA) is 29.5 Å². The Morgan fingerprint density at radius 2 is 2.00 bits per heavy atom. The first-order valence-corrected chi connectivity index (χ1v) is 3.37. The van der Waals surface area contributed by atoms with Gasteiger partial charge in [-0.2, -0.15) is 0 Å². The highest BCUT2D eigenvalue weighted by Gasteiger charge is 1.80. The van der Waals surface area contributed by atoms with Gasteiger partial charge in [0, 0.05) is 0 Å². The van der Waals surface area contributed by atoms with E-state index in [0.717, 1.165) is 5.56 Å². The molecule has 1 N–H and O–H groups in total. The van der Waals surface area contributed by atoms with Crippen molar-refractivity contribution in [1.29, 1.82) is 0 Å². The van der Waals surface area contributed by atoms with Crippen LogP contribution in [0, 0.1) is 0 Å². The molecule has 2 nitrogen and oxygen atoms in total. The Labute approximate surface area is 65.7 Å². The lowest BCUT2D eigenvalue weighted by molar-refractivity contribution is 0.0614. The van der Waals surface area contributed by atoms with Crippen molar-refractivity contribution in [2.75, 3.05) is 6.79 Å². The maximum atomic E-state index is 8.27. The third kappa shape index (κ3) is 2.87. The van der Waals surface area contributed by atoms with Crippen molar-refractivity contribution in [2.45, 2.75) is 0 Å². The van der Waals surface area contributed by atoms with Gasteiger partial charge in [0.25, 0.3) is 0 Å². The van der Waals surface area contributed by atoms with Gasteiger partial charge in [0.1, 0.15) is 0 Å². The Morgan fingerprint density at radius 1 is 1.27 bits per heavy atom. The second-order valence-corrected chi connectivity index (χ2v) is 2.01. The summed E-state index contributed by atoms with van der Waals surface area (Å²) in [5.41, 5.74) is 1.06. The third-order valence-electron chi connectivity index (χ3n) is 1.23. The Morgan fingerprint density at radius 3 is 2.64 bits per heavy atom. The van der Waals surface area contributed by atoms with Gasteiger partial charge < -0.3 is 9.84 Å². The summed E-state index contributed by atoms with van der Waals surface area (Å²) in [5.74, 6) is 0. The summed E-state index contributed by atoms with van der Waals surface area (Å²) in [4.78, 5) is 0. The lowest BCUT2D eigenvalue weighted by Crippen LogP contribution is -1.80. The first-order valence-electron chi connectivity index (χ1n) is 3.37. The van der Waals surface area contributed by atoms with Gasteiger partial charge in [0.05, 0.1) is 6.26 Å². The third-order valence-corrected chi connectivity index (χ3v) is 1.23. The average Bonchev–Trinajstić information content (AvgIpc) is 2.07. The Balaban J connectivity index is 2.50. The van der Waals surface area contributed by atoms with Gasteiger partial charge in [-0.25, -0.2) is 0 Å². The predicted molar refractivity (Wildman–Crippen MR) is 43.6 cm³/mol. The maximum Gasteiger partial charge on any atom is 0.185 e. The van der Waals surface area contributed by atoms with E-state index in [1.807, 2.05) is 30.3 Å². The summed E-state index contributed by atoms with van der Waals surface area (Å²) in [6.45, 7) is -0.274. The van der Waals surface area contributed by atoms with E-state index in [1.54, 1.807) is 6.08 Å². The van der Waals surface area contributed by atoms with E-state index < -0.39 is 0 Å². The van der Waals surface area contributed by atoms with Crippen LogP contribution in [0.2, 0.25) is 0 Å². The molecular formula is C9H10O2. The Bertz CT molecular complexity index is 216. The fourth-order valence-corrected chi connectivity index (χ4v) is 0.734. The van der Waals surface area contributed by atoms with Crippen LogP contribution in [-0.4, -0.2) is 11.9 Å². The Kier molecular flexibility index (Phi) is 3.22. The zero-order valence-corrected chi connectivity index (χ0v) is 6.10. The molecule has 1 rings (SSSR count). The van der Waals surface area contributed by atoms with Gasteiger partial charge in [0.15, 0.2) is 6.79 Å². The lowest BCUT2D eigenvalue weighted by atomic mass is 10.2. The molecule has 1 aromatic carbocycles. The Hall–Kier alpha value is -1.28. The molecule has 0 radical (unpaired) electrons. The summed E-state index contributed by atoms with van der Waals surface area (Å²) in [5, 5.41) is 8.27. The molecule has 0 saturated heterocycles. The highest BCUT2D eigenvalue weighted by Crippen LogP contribution is 2.00. The molecule has 0 bridgehead atoms. The van der Waals surface area contributed by atoms with E-state index in [0.29, 0.717) is 0 Å². The van der Waals surface area contributed by atoms with Gasteiger partial charge in [-0.15, -0.1) is 0 Å². The smallest absolute Gasteiger partial charge is 0.185 e. The molecule has 58 valence electrons. The van der Waals surface area contributed by atoms with E-state index in [1.165, 1.54) is 6.26 Å². The molecule has 0 atom stereocenters. The van der Waals surface area contributed by atoms with Crippen molar-refractivity contribution in [2.24, 2.45) is 0 Å². The summed E-state index contributed by atoms with van der Waals surface area (Å²) >= 11 is 0. The number of hydrogen-bond donors (Lipinski definition) is 1. The number of ether oxygens (including phenoxy) is 1. The van der Waals surface area contributed by atoms with Gasteiger partial charge in [-0.3, -0.25) is 0 Å². The van der Waals surface area contributed by atoms with E-state index in [2.05, 4.69) is 4.74 Å². The molecule has 0 aromatic heterocycles. The summed E-state index contributed by atoms with van der Waals surface area (Å²) < 4.78 is 4.61. The molecule has 0 amide bonds. The summed E-state index contributed by atoms with van der Waals surface area (Å²) in [7, 11) is 0. The van der Waals surface area contributed by atoms with E-state index >= 15 is 0 Å². The molecule has 0 saturated carbocycles. The van der Waals surface area contributed by atoms with Crippen LogP contribution >= 0.6 is 0 Å². The number of benzene rings is 1. The fraction of sp³-hybridized carbons (Fsp3) is 0.111. The van der Waals surface area contributed by atoms with Crippen LogP contribution in [0.4, 0.5) is 0 Å². The van der Waals surface area contributed by atoms with Crippen LogP contribution in [-0.2, 0) is 4.74 Å². The quantitative estimate of drug-likeness (QED) is 0.524. The van der Waals surface area contributed by atoms with E-state index in [9.17, 15) is 0 Å². The normalized spacial score (nSPS) is 10.3. The van der Waals surface area contributed by atoms with Gasteiger partial charge in [-0.05, 0) is 11.6 Å². The van der Waals surface area contributed by atoms with Crippen molar-refractivity contribution in [1.82, 2.24) is 0 Å². The molecule has 0 aliphatic carbocycles. The minimum absolute atomic E-state index is 0.274. The monoisotopic (exact) mass is 150 g/mol. The minimum Gasteiger partial charge on any atom is -0.475 e. The molecule has 0 aliphatic rings. The number of aliphatic hydroxyl groups is 1. The molecule has 1 aromatic rings. The van der Waals surface area contributed by atoms with Crippen LogP contribution in [0.3, 0.4) is 0 Å². The molecular weight excluding hydrogens is 140 g/mol. The highest BCUT2D eigenvalue weighted by atomic mass is 16.6. The van der Waals surface area contributed by atoms with Gasteiger partial charge >= 0.3 is 0 Å². The second-order valence-electron chi connectivity index (χ2n) is 2.01. The van der Waals surface area contributed by atoms with E-state index in [4.69, 9.17) is 5.11 Å². The zero-order chi connectivity index (χ0) is 7.94. The fourth-order valence-electron chi connectivity index (χ4n) is 0.734. The second kappa shape index (κ2) is 4.52. The van der Waals surface area contributed by atoms with E-state index in [-0.39, 0.29) is 6.79 Å². The highest BCUT2D eigenvalue weighted by molar-refractivity contribution is 5.47. The number of aliphatic hydroxyl groups excluding tert-OH is 1. The predicted octanol–water partition coefficient (Wildman–Crippen LogP) is 1.62. The SMILES string of the molecule is OCOC=Cc1ccccc1. The molecule has 0 aliphatic heterocycles. The van der Waals surface area contributed by atoms with Crippen molar-refractivity contribution in [3.8, 4) is 0 Å². The molecule has 0 unspecified atom stereocenters. The van der Waals surface area contributed by atoms with Crippen LogP contribution in [0.15, 0.2) is 36.6 Å². The first kappa shape index (κ1) is 7.82. The largest absolute Gasteiger partial charge is 0.475 e. The molecule has 2 heteroatoms. The average molecular weight is 150 g/mol. The minimum atomic E-state index is -0.274. The number of rotatable bonds is 3. The van der Waals surface area contributed by atoms with Crippen LogP contribution in [0.25, 0.3) is 6.08 Å². The molecule has 0 spiro atoms. The van der Waals surface area contributed by atoms with Crippen LogP contribution in [0.1, 0.15) is 5.56 Å². The molecule has 0 fully saturated rings. The maximum absolute atomic E-state index is 8.27. The number of hydrogen-bond acceptors (Lipinski definition) is 2. The molecule has 0 heterocycles. The van der Waals surface area contributed by atoms with Gasteiger partial charge in [-0.1, -0.05) is 30.3 Å². The van der Waals surface area contributed by atoms with Crippen molar-refractivity contribution in [3.05, 3.63) is 42.2 Å². The first-order chi connectivity index (χ1) is 5.43. The summed E-state index contributed by atoms with van der Waals surface area (Å²) in [6, 6.07) is 9.75. The van der Waals surface area contributed by atoms with Crippen molar-refractivity contribution >= 4 is 6.08 Å². The summed E-state index contributed by atoms with van der Waals surface area (Å²) in [6.07, 6.45) is 3.26. The molecule has 11 heavy (non-hydrogen) atoms. The van der Waals surface area contributed by atoms with Gasteiger partial charge in [0.2, 0.25) is 0 Å². The standard InChI is InChI=1S/C9H10O2/c10-8-11-7-6-9-4-2-1-3-5-9/h1-7,10H,8H2. The zero-order valence-electron chi connectivity index (χ0n) is 6.10. The van der Waals surface area contributed by atoms with Crippen LogP contribution in [0.5, 0.6) is 0 Å². The lowest BCUT2D eigenvalue weighted by Gasteiger charge is -1.92. The van der Waals surface area contributed by atoms with Crippen LogP contribution < -0.4 is 0 Å².